The molecule has 3 aromatic rings. The lowest BCUT2D eigenvalue weighted by Gasteiger charge is -2.11. The van der Waals surface area contributed by atoms with Gasteiger partial charge < -0.3 is 11.1 Å². The van der Waals surface area contributed by atoms with Gasteiger partial charge in [-0.05, 0) is 71.1 Å². The summed E-state index contributed by atoms with van der Waals surface area (Å²) in [5.41, 5.74) is 9.76. The first-order chi connectivity index (χ1) is 9.24. The Morgan fingerprint density at radius 2 is 1.79 bits per heavy atom. The first-order valence-electron chi connectivity index (χ1n) is 5.90. The molecule has 3 rings (SSSR count). The minimum Gasteiger partial charge on any atom is -0.396 e. The predicted molar refractivity (Wildman–Crippen MR) is 88.6 cm³/mol. The van der Waals surface area contributed by atoms with Crippen LogP contribution in [0.4, 0.5) is 17.1 Å². The third kappa shape index (κ3) is 2.49. The molecule has 94 valence electrons. The molecule has 3 nitrogen and oxygen atoms in total. The fraction of sp³-hybridized carbons (Fsp3) is 0. The van der Waals surface area contributed by atoms with Gasteiger partial charge in [-0.15, -0.1) is 0 Å². The fourth-order valence-electron chi connectivity index (χ4n) is 1.97. The van der Waals surface area contributed by atoms with Crippen molar-refractivity contribution in [2.24, 2.45) is 0 Å². The predicted octanol–water partition coefficient (Wildman–Crippen LogP) is 4.17. The van der Waals surface area contributed by atoms with Crippen LogP contribution in [0.3, 0.4) is 0 Å². The highest BCUT2D eigenvalue weighted by molar-refractivity contribution is 14.1. The van der Waals surface area contributed by atoms with Crippen LogP contribution in [-0.4, -0.2) is 4.98 Å². The molecule has 1 aromatic heterocycles. The molecule has 0 atom stereocenters. The lowest BCUT2D eigenvalue weighted by Crippen LogP contribution is -1.97. The molecule has 0 fully saturated rings. The number of pyridine rings is 1. The standard InChI is InChI=1S/C15H12IN3/c16-10-3-5-11(6-4-10)19-14-8-7-13-12(15(14)17)2-1-9-18-13/h1-9,19H,17H2. The topological polar surface area (TPSA) is 50.9 Å². The summed E-state index contributed by atoms with van der Waals surface area (Å²) >= 11 is 2.28. The number of nitrogens with zero attached hydrogens (tertiary/aromatic N) is 1. The Kier molecular flexibility index (Phi) is 3.25. The molecule has 0 aliphatic heterocycles. The molecule has 0 saturated carbocycles. The van der Waals surface area contributed by atoms with Gasteiger partial charge in [0, 0.05) is 20.8 Å². The van der Waals surface area contributed by atoms with E-state index in [0.717, 1.165) is 28.0 Å². The molecule has 0 unspecified atom stereocenters. The Labute approximate surface area is 125 Å². The lowest BCUT2D eigenvalue weighted by molar-refractivity contribution is 1.41. The van der Waals surface area contributed by atoms with Crippen molar-refractivity contribution < 1.29 is 0 Å². The molecule has 0 spiro atoms. The quantitative estimate of drug-likeness (QED) is 0.532. The van der Waals surface area contributed by atoms with Gasteiger partial charge in [-0.2, -0.15) is 0 Å². The number of halogens is 1. The second-order valence-electron chi connectivity index (χ2n) is 4.23. The zero-order valence-corrected chi connectivity index (χ0v) is 12.3. The molecule has 3 N–H and O–H groups in total. The van der Waals surface area contributed by atoms with E-state index >= 15 is 0 Å². The van der Waals surface area contributed by atoms with Crippen molar-refractivity contribution in [2.75, 3.05) is 11.1 Å². The second-order valence-corrected chi connectivity index (χ2v) is 5.47. The van der Waals surface area contributed by atoms with Crippen molar-refractivity contribution >= 4 is 50.6 Å². The summed E-state index contributed by atoms with van der Waals surface area (Å²) < 4.78 is 1.21. The molecular formula is C15H12IN3. The third-order valence-corrected chi connectivity index (χ3v) is 3.67. The van der Waals surface area contributed by atoms with Crippen LogP contribution in [0.15, 0.2) is 54.7 Å². The van der Waals surface area contributed by atoms with Gasteiger partial charge in [0.15, 0.2) is 0 Å². The molecular weight excluding hydrogens is 349 g/mol. The van der Waals surface area contributed by atoms with Crippen LogP contribution in [0.25, 0.3) is 10.9 Å². The molecule has 1 heterocycles. The number of nitrogens with two attached hydrogens (primary N) is 1. The van der Waals surface area contributed by atoms with Crippen LogP contribution in [0, 0.1) is 3.57 Å². The van der Waals surface area contributed by atoms with Gasteiger partial charge >= 0.3 is 0 Å². The van der Waals surface area contributed by atoms with Gasteiger partial charge in [0.1, 0.15) is 0 Å². The molecule has 2 aromatic carbocycles. The van der Waals surface area contributed by atoms with Gasteiger partial charge in [-0.3, -0.25) is 4.98 Å². The maximum atomic E-state index is 6.19. The SMILES string of the molecule is Nc1c(Nc2ccc(I)cc2)ccc2ncccc12. The van der Waals surface area contributed by atoms with Gasteiger partial charge in [0.2, 0.25) is 0 Å². The van der Waals surface area contributed by atoms with E-state index in [2.05, 4.69) is 45.0 Å². The molecule has 19 heavy (non-hydrogen) atoms. The average molecular weight is 361 g/mol. The lowest BCUT2D eigenvalue weighted by atomic mass is 10.1. The second kappa shape index (κ2) is 5.05. The molecule has 0 amide bonds. The number of benzene rings is 2. The van der Waals surface area contributed by atoms with Gasteiger partial charge in [0.05, 0.1) is 16.9 Å². The van der Waals surface area contributed by atoms with Crippen molar-refractivity contribution in [2.45, 2.75) is 0 Å². The van der Waals surface area contributed by atoms with E-state index in [1.54, 1.807) is 6.20 Å². The highest BCUT2D eigenvalue weighted by atomic mass is 127. The van der Waals surface area contributed by atoms with E-state index in [0.29, 0.717) is 0 Å². The zero-order chi connectivity index (χ0) is 13.2. The number of aromatic nitrogens is 1. The highest BCUT2D eigenvalue weighted by Gasteiger charge is 2.05. The van der Waals surface area contributed by atoms with Crippen molar-refractivity contribution in [3.63, 3.8) is 0 Å². The van der Waals surface area contributed by atoms with Gasteiger partial charge in [-0.25, -0.2) is 0 Å². The van der Waals surface area contributed by atoms with Crippen LogP contribution in [0.1, 0.15) is 0 Å². The number of nitrogens with one attached hydrogen (secondary N) is 1. The monoisotopic (exact) mass is 361 g/mol. The summed E-state index contributed by atoms with van der Waals surface area (Å²) in [5.74, 6) is 0. The molecule has 4 heteroatoms. The normalized spacial score (nSPS) is 10.6. The summed E-state index contributed by atoms with van der Waals surface area (Å²) in [6.07, 6.45) is 1.77. The molecule has 0 aliphatic rings. The number of nitrogen functional groups attached to an aromatic ring is 1. The van der Waals surface area contributed by atoms with Crippen molar-refractivity contribution in [1.29, 1.82) is 0 Å². The highest BCUT2D eigenvalue weighted by Crippen LogP contribution is 2.29. The number of hydrogen-bond acceptors (Lipinski definition) is 3. The van der Waals surface area contributed by atoms with Crippen LogP contribution in [-0.2, 0) is 0 Å². The van der Waals surface area contributed by atoms with Crippen molar-refractivity contribution in [1.82, 2.24) is 4.98 Å². The minimum absolute atomic E-state index is 0.726. The Hall–Kier alpha value is -1.82. The maximum Gasteiger partial charge on any atom is 0.0724 e. The van der Waals surface area contributed by atoms with Crippen LogP contribution < -0.4 is 11.1 Å². The van der Waals surface area contributed by atoms with E-state index in [1.165, 1.54) is 3.57 Å². The Morgan fingerprint density at radius 1 is 1.00 bits per heavy atom. The summed E-state index contributed by atoms with van der Waals surface area (Å²) in [6, 6.07) is 16.0. The van der Waals surface area contributed by atoms with Crippen molar-refractivity contribution in [3.05, 3.63) is 58.3 Å². The fourth-order valence-corrected chi connectivity index (χ4v) is 2.33. The number of fused-ring (bicyclic) bond motifs is 1. The molecule has 0 bridgehead atoms. The van der Waals surface area contributed by atoms with E-state index in [1.807, 2.05) is 36.4 Å². The average Bonchev–Trinajstić information content (AvgIpc) is 2.45. The van der Waals surface area contributed by atoms with E-state index < -0.39 is 0 Å². The molecule has 0 saturated heterocycles. The van der Waals surface area contributed by atoms with Gasteiger partial charge in [-0.1, -0.05) is 0 Å². The first-order valence-corrected chi connectivity index (χ1v) is 6.98. The number of hydrogen-bond donors (Lipinski definition) is 2. The summed E-state index contributed by atoms with van der Waals surface area (Å²) in [4.78, 5) is 4.29. The Bertz CT molecular complexity index is 723. The largest absolute Gasteiger partial charge is 0.396 e. The third-order valence-electron chi connectivity index (χ3n) is 2.95. The molecule has 0 radical (unpaired) electrons. The van der Waals surface area contributed by atoms with Crippen LogP contribution in [0.5, 0.6) is 0 Å². The Balaban J connectivity index is 2.01. The van der Waals surface area contributed by atoms with E-state index in [4.69, 9.17) is 5.73 Å². The molecule has 0 aliphatic carbocycles. The number of anilines is 3. The summed E-state index contributed by atoms with van der Waals surface area (Å²) in [7, 11) is 0. The summed E-state index contributed by atoms with van der Waals surface area (Å²) in [6.45, 7) is 0. The summed E-state index contributed by atoms with van der Waals surface area (Å²) in [5, 5.41) is 4.31. The van der Waals surface area contributed by atoms with E-state index in [-0.39, 0.29) is 0 Å². The Morgan fingerprint density at radius 3 is 2.58 bits per heavy atom. The first kappa shape index (κ1) is 12.2. The van der Waals surface area contributed by atoms with Gasteiger partial charge in [0.25, 0.3) is 0 Å². The van der Waals surface area contributed by atoms with Crippen molar-refractivity contribution in [3.8, 4) is 0 Å². The van der Waals surface area contributed by atoms with E-state index in [9.17, 15) is 0 Å². The van der Waals surface area contributed by atoms with Crippen LogP contribution >= 0.6 is 22.6 Å². The number of rotatable bonds is 2. The van der Waals surface area contributed by atoms with Crippen LogP contribution in [0.2, 0.25) is 0 Å². The maximum absolute atomic E-state index is 6.19. The minimum atomic E-state index is 0.726. The smallest absolute Gasteiger partial charge is 0.0724 e. The zero-order valence-electron chi connectivity index (χ0n) is 10.1.